The second-order valence-electron chi connectivity index (χ2n) is 8.05. The van der Waals surface area contributed by atoms with E-state index in [1.165, 1.54) is 54.5 Å². The summed E-state index contributed by atoms with van der Waals surface area (Å²) in [5.74, 6) is -0.321. The van der Waals surface area contributed by atoms with Crippen molar-refractivity contribution in [2.45, 2.75) is 24.3 Å². The maximum absolute atomic E-state index is 12.7. The quantitative estimate of drug-likeness (QED) is 0.309. The Morgan fingerprint density at radius 2 is 1.79 bits per heavy atom. The van der Waals surface area contributed by atoms with Crippen LogP contribution in [-0.2, 0) is 16.6 Å². The summed E-state index contributed by atoms with van der Waals surface area (Å²) in [7, 11) is -3.88. The number of thiazole rings is 1. The van der Waals surface area contributed by atoms with Crippen molar-refractivity contribution in [2.75, 3.05) is 23.1 Å². The van der Waals surface area contributed by atoms with Crippen LogP contribution in [0.5, 0.6) is 0 Å². The Labute approximate surface area is 199 Å². The van der Waals surface area contributed by atoms with E-state index >= 15 is 0 Å². The van der Waals surface area contributed by atoms with Crippen LogP contribution in [0.3, 0.4) is 0 Å². The number of carbonyl (C=O) groups is 1. The molecule has 2 aromatic heterocycles. The minimum atomic E-state index is -3.88. The molecule has 1 aliphatic heterocycles. The van der Waals surface area contributed by atoms with Gasteiger partial charge in [-0.15, -0.1) is 11.3 Å². The largest absolute Gasteiger partial charge is 0.323 e. The van der Waals surface area contributed by atoms with Crippen molar-refractivity contribution in [3.63, 3.8) is 0 Å². The molecule has 1 aliphatic rings. The first kappa shape index (κ1) is 22.3. The number of likely N-dealkylation sites (tertiary alicyclic amines) is 1. The fourth-order valence-corrected chi connectivity index (χ4v) is 5.64. The van der Waals surface area contributed by atoms with E-state index in [-0.39, 0.29) is 10.8 Å². The molecule has 2 aromatic carbocycles. The van der Waals surface area contributed by atoms with Crippen molar-refractivity contribution in [1.82, 2.24) is 19.9 Å². The highest BCUT2D eigenvalue weighted by Gasteiger charge is 2.17. The minimum absolute atomic E-state index is 0.00516. The van der Waals surface area contributed by atoms with E-state index in [4.69, 9.17) is 0 Å². The molecule has 12 heteroatoms. The molecule has 0 aliphatic carbocycles. The molecule has 0 bridgehead atoms. The van der Waals surface area contributed by atoms with E-state index in [2.05, 4.69) is 29.9 Å². The Morgan fingerprint density at radius 3 is 2.56 bits per heavy atom. The molecule has 0 unspecified atom stereocenters. The molecular weight excluding hydrogens is 476 g/mol. The maximum atomic E-state index is 12.7. The molecule has 0 spiro atoms. The van der Waals surface area contributed by atoms with Gasteiger partial charge in [-0.1, -0.05) is 0 Å². The van der Waals surface area contributed by atoms with Gasteiger partial charge in [0.1, 0.15) is 0 Å². The highest BCUT2D eigenvalue weighted by molar-refractivity contribution is 7.92. The van der Waals surface area contributed by atoms with Crippen LogP contribution in [0.2, 0.25) is 0 Å². The molecule has 5 rings (SSSR count). The van der Waals surface area contributed by atoms with Crippen molar-refractivity contribution in [3.05, 3.63) is 69.6 Å². The van der Waals surface area contributed by atoms with Gasteiger partial charge in [-0.05, 0) is 68.4 Å². The van der Waals surface area contributed by atoms with Gasteiger partial charge in [0.25, 0.3) is 15.9 Å². The summed E-state index contributed by atoms with van der Waals surface area (Å²) in [6, 6.07) is 10.4. The lowest BCUT2D eigenvalue weighted by Gasteiger charge is -2.11. The predicted molar refractivity (Wildman–Crippen MR) is 131 cm³/mol. The van der Waals surface area contributed by atoms with Crippen LogP contribution in [-0.4, -0.2) is 47.3 Å². The molecule has 176 valence electrons. The van der Waals surface area contributed by atoms with E-state index < -0.39 is 15.7 Å². The standard InChI is InChI=1S/C22H22N6O4S2/c29-20(26-22-23-16(13-33-22)12-28-9-1-2-10-28)14-3-5-15(6-4-14)27-34(31,32)17-7-8-18-19(11-17)25-21(30)24-18/h3-8,11,13,27H,1-2,9-10,12H2,(H,23,26,29)(H2,24,25,30). The first-order valence-corrected chi connectivity index (χ1v) is 13.0. The van der Waals surface area contributed by atoms with Gasteiger partial charge >= 0.3 is 5.69 Å². The van der Waals surface area contributed by atoms with Crippen LogP contribution in [0.1, 0.15) is 28.9 Å². The van der Waals surface area contributed by atoms with Gasteiger partial charge in [-0.25, -0.2) is 18.2 Å². The first-order valence-electron chi connectivity index (χ1n) is 10.7. The number of nitrogens with zero attached hydrogens (tertiary/aromatic N) is 2. The highest BCUT2D eigenvalue weighted by atomic mass is 32.2. The second-order valence-corrected chi connectivity index (χ2v) is 10.6. The molecule has 3 heterocycles. The van der Waals surface area contributed by atoms with Gasteiger partial charge in [-0.3, -0.25) is 19.7 Å². The smallest absolute Gasteiger partial charge is 0.306 e. The van der Waals surface area contributed by atoms with E-state index in [1.807, 2.05) is 5.38 Å². The van der Waals surface area contributed by atoms with Crippen molar-refractivity contribution in [3.8, 4) is 0 Å². The number of carbonyl (C=O) groups excluding carboxylic acids is 1. The number of rotatable bonds is 7. The van der Waals surface area contributed by atoms with Crippen LogP contribution in [0.4, 0.5) is 10.8 Å². The molecule has 0 saturated carbocycles. The fourth-order valence-electron chi connectivity index (χ4n) is 3.86. The summed E-state index contributed by atoms with van der Waals surface area (Å²) < 4.78 is 28.0. The first-order chi connectivity index (χ1) is 16.4. The van der Waals surface area contributed by atoms with Crippen LogP contribution in [0.15, 0.2) is 57.5 Å². The Kier molecular flexibility index (Phi) is 5.94. The Balaban J connectivity index is 1.23. The number of anilines is 2. The summed E-state index contributed by atoms with van der Waals surface area (Å²) in [5, 5.41) is 5.28. The third-order valence-electron chi connectivity index (χ3n) is 5.55. The number of imidazole rings is 1. The number of amides is 1. The van der Waals surface area contributed by atoms with Crippen LogP contribution >= 0.6 is 11.3 Å². The Bertz CT molecular complexity index is 1500. The average molecular weight is 499 g/mol. The van der Waals surface area contributed by atoms with Gasteiger partial charge in [0.2, 0.25) is 0 Å². The molecule has 1 saturated heterocycles. The second kappa shape index (κ2) is 9.05. The van der Waals surface area contributed by atoms with Gasteiger partial charge in [0.05, 0.1) is 21.6 Å². The van der Waals surface area contributed by atoms with Crippen LogP contribution in [0, 0.1) is 0 Å². The number of hydrogen-bond donors (Lipinski definition) is 4. The number of nitrogens with one attached hydrogen (secondary N) is 4. The molecule has 4 aromatic rings. The maximum Gasteiger partial charge on any atom is 0.323 e. The lowest BCUT2D eigenvalue weighted by Crippen LogP contribution is -2.18. The molecule has 10 nitrogen and oxygen atoms in total. The topological polar surface area (TPSA) is 140 Å². The third-order valence-corrected chi connectivity index (χ3v) is 7.74. The molecule has 0 radical (unpaired) electrons. The predicted octanol–water partition coefficient (Wildman–Crippen LogP) is 2.96. The summed E-state index contributed by atoms with van der Waals surface area (Å²) in [6.07, 6.45) is 2.42. The van der Waals surface area contributed by atoms with Gasteiger partial charge < -0.3 is 9.97 Å². The number of fused-ring (bicyclic) bond motifs is 1. The van der Waals surface area contributed by atoms with Gasteiger partial charge in [0.15, 0.2) is 5.13 Å². The summed E-state index contributed by atoms with van der Waals surface area (Å²) in [6.45, 7) is 2.94. The highest BCUT2D eigenvalue weighted by Crippen LogP contribution is 2.22. The van der Waals surface area contributed by atoms with Crippen molar-refractivity contribution in [1.29, 1.82) is 0 Å². The molecule has 1 fully saturated rings. The van der Waals surface area contributed by atoms with Crippen molar-refractivity contribution < 1.29 is 13.2 Å². The molecular formula is C22H22N6O4S2. The average Bonchev–Trinajstić information content (AvgIpc) is 3.55. The zero-order valence-corrected chi connectivity index (χ0v) is 19.6. The summed E-state index contributed by atoms with van der Waals surface area (Å²) >= 11 is 1.38. The molecule has 1 amide bonds. The van der Waals surface area contributed by atoms with Crippen molar-refractivity contribution >= 4 is 49.1 Å². The minimum Gasteiger partial charge on any atom is -0.306 e. The van der Waals surface area contributed by atoms with E-state index in [0.717, 1.165) is 25.3 Å². The fraction of sp³-hybridized carbons (Fsp3) is 0.227. The number of aromatic amines is 2. The van der Waals surface area contributed by atoms with E-state index in [1.54, 1.807) is 12.1 Å². The molecule has 34 heavy (non-hydrogen) atoms. The summed E-state index contributed by atoms with van der Waals surface area (Å²) in [4.78, 5) is 35.9. The number of aromatic nitrogens is 3. The lowest BCUT2D eigenvalue weighted by atomic mass is 10.2. The molecule has 4 N–H and O–H groups in total. The zero-order chi connectivity index (χ0) is 23.7. The number of H-pyrrole nitrogens is 2. The normalized spacial score (nSPS) is 14.5. The van der Waals surface area contributed by atoms with Gasteiger partial charge in [-0.2, -0.15) is 0 Å². The lowest BCUT2D eigenvalue weighted by molar-refractivity contribution is 0.102. The number of benzene rings is 2. The van der Waals surface area contributed by atoms with E-state index in [9.17, 15) is 18.0 Å². The number of hydrogen-bond acceptors (Lipinski definition) is 7. The third kappa shape index (κ3) is 4.88. The monoisotopic (exact) mass is 498 g/mol. The Hall–Kier alpha value is -3.48. The Morgan fingerprint density at radius 1 is 1.06 bits per heavy atom. The zero-order valence-electron chi connectivity index (χ0n) is 18.0. The van der Waals surface area contributed by atoms with Gasteiger partial charge in [0, 0.05) is 23.2 Å². The SMILES string of the molecule is O=C(Nc1nc(CN2CCCC2)cs1)c1ccc(NS(=O)(=O)c2ccc3[nH]c(=O)[nH]c3c2)cc1. The van der Waals surface area contributed by atoms with Crippen LogP contribution in [0.25, 0.3) is 11.0 Å². The van der Waals surface area contributed by atoms with E-state index in [0.29, 0.717) is 27.4 Å². The van der Waals surface area contributed by atoms with Crippen molar-refractivity contribution in [2.24, 2.45) is 0 Å². The molecule has 0 atom stereocenters. The van der Waals surface area contributed by atoms with Crippen LogP contribution < -0.4 is 15.7 Å². The number of sulfonamides is 1. The summed E-state index contributed by atoms with van der Waals surface area (Å²) in [5.41, 5.74) is 2.13.